The smallest absolute Gasteiger partial charge is 0.469 e. The average molecular weight is 452 g/mol. The first kappa shape index (κ1) is 25.2. The first-order valence-corrected chi connectivity index (χ1v) is 10.4. The van der Waals surface area contributed by atoms with E-state index in [1.54, 1.807) is 20.8 Å². The van der Waals surface area contributed by atoms with Crippen LogP contribution in [0, 0.1) is 5.92 Å². The maximum absolute atomic E-state index is 12.6. The van der Waals surface area contributed by atoms with Crippen molar-refractivity contribution in [1.29, 1.82) is 0 Å². The van der Waals surface area contributed by atoms with Gasteiger partial charge in [0.2, 0.25) is 0 Å². The van der Waals surface area contributed by atoms with Crippen molar-refractivity contribution in [3.8, 4) is 0 Å². The van der Waals surface area contributed by atoms with Crippen LogP contribution in [0.2, 0.25) is 0 Å². The molecule has 0 aromatic carbocycles. The Kier molecular flexibility index (Phi) is 8.18. The molecule has 1 heterocycles. The monoisotopic (exact) mass is 452 g/mol. The first-order chi connectivity index (χ1) is 14.3. The zero-order valence-electron chi connectivity index (χ0n) is 18.3. The predicted octanol–water partition coefficient (Wildman–Crippen LogP) is 2.79. The predicted molar refractivity (Wildman–Crippen MR) is 103 cm³/mol. The highest BCUT2D eigenvalue weighted by Gasteiger charge is 2.44. The summed E-state index contributed by atoms with van der Waals surface area (Å²) in [7, 11) is 1.35. The van der Waals surface area contributed by atoms with Crippen LogP contribution in [0.4, 0.5) is 18.0 Å². The molecule has 1 N–H and O–H groups in total. The number of hydrogen-bond donors (Lipinski definition) is 1. The standard InChI is InChI=1S/C20H31F3N2O6/c1-19(2,3)31-18(28)25-10-13(24-17(27)20(21,22)23)9-14(25)11-30-15-7-5-12(6-8-15)16(26)29-4/h12-15H,5-11H2,1-4H3,(H,24,27)/t12?,13-,14-,15?/m0/s1. The molecule has 178 valence electrons. The third kappa shape index (κ3) is 7.55. The molecule has 8 nitrogen and oxygen atoms in total. The van der Waals surface area contributed by atoms with Crippen molar-refractivity contribution in [2.24, 2.45) is 5.92 Å². The molecule has 2 aliphatic rings. The summed E-state index contributed by atoms with van der Waals surface area (Å²) in [6.45, 7) is 5.07. The number of halogens is 3. The Morgan fingerprint density at radius 1 is 1.06 bits per heavy atom. The van der Waals surface area contributed by atoms with Crippen molar-refractivity contribution in [3.63, 3.8) is 0 Å². The number of esters is 1. The van der Waals surface area contributed by atoms with E-state index in [1.165, 1.54) is 12.0 Å². The van der Waals surface area contributed by atoms with Crippen LogP contribution < -0.4 is 5.32 Å². The second-order valence-electron chi connectivity index (χ2n) is 9.02. The second kappa shape index (κ2) is 10.1. The summed E-state index contributed by atoms with van der Waals surface area (Å²) in [6.07, 6.45) is -3.11. The van der Waals surface area contributed by atoms with E-state index in [0.717, 1.165) is 0 Å². The lowest BCUT2D eigenvalue weighted by Gasteiger charge is -2.31. The third-order valence-electron chi connectivity index (χ3n) is 5.37. The van der Waals surface area contributed by atoms with Crippen molar-refractivity contribution in [2.45, 2.75) is 82.8 Å². The Balaban J connectivity index is 1.96. The molecule has 2 atom stereocenters. The van der Waals surface area contributed by atoms with E-state index in [2.05, 4.69) is 0 Å². The van der Waals surface area contributed by atoms with Gasteiger partial charge < -0.3 is 24.4 Å². The number of nitrogens with zero attached hydrogens (tertiary/aromatic N) is 1. The molecule has 0 unspecified atom stereocenters. The maximum atomic E-state index is 12.6. The summed E-state index contributed by atoms with van der Waals surface area (Å²) in [5.41, 5.74) is -0.776. The largest absolute Gasteiger partial charge is 0.471 e. The number of rotatable bonds is 5. The van der Waals surface area contributed by atoms with Crippen LogP contribution >= 0.6 is 0 Å². The number of likely N-dealkylation sites (tertiary alicyclic amines) is 1. The summed E-state index contributed by atoms with van der Waals surface area (Å²) in [5.74, 6) is -2.44. The molecular formula is C20H31F3N2O6. The van der Waals surface area contributed by atoms with E-state index < -0.39 is 35.9 Å². The number of carbonyl (C=O) groups is 3. The Morgan fingerprint density at radius 2 is 1.68 bits per heavy atom. The minimum absolute atomic E-state index is 0.0974. The van der Waals surface area contributed by atoms with Crippen molar-refractivity contribution < 1.29 is 41.8 Å². The number of amides is 2. The van der Waals surface area contributed by atoms with Gasteiger partial charge in [-0.05, 0) is 52.9 Å². The second-order valence-corrected chi connectivity index (χ2v) is 9.02. The van der Waals surface area contributed by atoms with E-state index in [1.807, 2.05) is 5.32 Å². The van der Waals surface area contributed by atoms with Crippen molar-refractivity contribution in [2.75, 3.05) is 20.3 Å². The van der Waals surface area contributed by atoms with Gasteiger partial charge in [-0.25, -0.2) is 4.79 Å². The van der Waals surface area contributed by atoms with E-state index >= 15 is 0 Å². The van der Waals surface area contributed by atoms with E-state index in [9.17, 15) is 27.6 Å². The molecule has 31 heavy (non-hydrogen) atoms. The van der Waals surface area contributed by atoms with Gasteiger partial charge in [-0.1, -0.05) is 0 Å². The molecule has 2 fully saturated rings. The van der Waals surface area contributed by atoms with E-state index in [4.69, 9.17) is 14.2 Å². The molecule has 0 aromatic heterocycles. The number of methoxy groups -OCH3 is 1. The zero-order chi connectivity index (χ0) is 23.4. The topological polar surface area (TPSA) is 94.2 Å². The van der Waals surface area contributed by atoms with Crippen LogP contribution in [0.3, 0.4) is 0 Å². The average Bonchev–Trinajstić information content (AvgIpc) is 3.07. The molecule has 0 aromatic rings. The Morgan fingerprint density at radius 3 is 2.19 bits per heavy atom. The van der Waals surface area contributed by atoms with Crippen molar-refractivity contribution in [3.05, 3.63) is 0 Å². The molecule has 0 bridgehead atoms. The van der Waals surface area contributed by atoms with Crippen molar-refractivity contribution in [1.82, 2.24) is 10.2 Å². The molecule has 1 aliphatic heterocycles. The molecule has 1 aliphatic carbocycles. The van der Waals surface area contributed by atoms with Crippen LogP contribution in [-0.2, 0) is 23.8 Å². The lowest BCUT2D eigenvalue weighted by molar-refractivity contribution is -0.174. The van der Waals surface area contributed by atoms with Gasteiger partial charge >= 0.3 is 24.1 Å². The molecule has 1 saturated carbocycles. The van der Waals surface area contributed by atoms with Gasteiger partial charge in [0.05, 0.1) is 31.8 Å². The molecular weight excluding hydrogens is 421 g/mol. The molecule has 0 spiro atoms. The quantitative estimate of drug-likeness (QED) is 0.645. The molecule has 0 radical (unpaired) electrons. The van der Waals surface area contributed by atoms with E-state index in [0.29, 0.717) is 25.7 Å². The van der Waals surface area contributed by atoms with Crippen LogP contribution in [-0.4, -0.2) is 73.1 Å². The summed E-state index contributed by atoms with van der Waals surface area (Å²) < 4.78 is 53.9. The zero-order valence-corrected chi connectivity index (χ0v) is 18.3. The van der Waals surface area contributed by atoms with Crippen LogP contribution in [0.15, 0.2) is 0 Å². The fraction of sp³-hybridized carbons (Fsp3) is 0.850. The third-order valence-corrected chi connectivity index (χ3v) is 5.37. The van der Waals surface area contributed by atoms with Gasteiger partial charge in [0.15, 0.2) is 0 Å². The number of nitrogens with one attached hydrogen (secondary N) is 1. The van der Waals surface area contributed by atoms with Crippen LogP contribution in [0.5, 0.6) is 0 Å². The highest BCUT2D eigenvalue weighted by atomic mass is 19.4. The Bertz CT molecular complexity index is 656. The highest BCUT2D eigenvalue weighted by Crippen LogP contribution is 2.29. The molecule has 11 heteroatoms. The fourth-order valence-electron chi connectivity index (χ4n) is 3.87. The van der Waals surface area contributed by atoms with Crippen LogP contribution in [0.1, 0.15) is 52.9 Å². The van der Waals surface area contributed by atoms with Gasteiger partial charge in [-0.2, -0.15) is 13.2 Å². The summed E-state index contributed by atoms with van der Waals surface area (Å²) in [6, 6.07) is -1.39. The Labute approximate surface area is 179 Å². The van der Waals surface area contributed by atoms with E-state index in [-0.39, 0.29) is 37.6 Å². The van der Waals surface area contributed by atoms with Gasteiger partial charge in [0.25, 0.3) is 0 Å². The van der Waals surface area contributed by atoms with Gasteiger partial charge in [0.1, 0.15) is 5.60 Å². The summed E-state index contributed by atoms with van der Waals surface area (Å²) in [4.78, 5) is 36.8. The van der Waals surface area contributed by atoms with Gasteiger partial charge in [-0.15, -0.1) is 0 Å². The number of hydrogen-bond acceptors (Lipinski definition) is 6. The minimum atomic E-state index is -5.00. The minimum Gasteiger partial charge on any atom is -0.469 e. The SMILES string of the molecule is COC(=O)C1CCC(OC[C@@H]2C[C@H](NC(=O)C(F)(F)F)CN2C(=O)OC(C)(C)C)CC1. The number of carbonyl (C=O) groups excluding carboxylic acids is 3. The lowest BCUT2D eigenvalue weighted by atomic mass is 9.87. The molecule has 1 saturated heterocycles. The number of alkyl halides is 3. The number of ether oxygens (including phenoxy) is 3. The van der Waals surface area contributed by atoms with Crippen molar-refractivity contribution >= 4 is 18.0 Å². The molecule has 2 rings (SSSR count). The summed E-state index contributed by atoms with van der Waals surface area (Å²) >= 11 is 0. The first-order valence-electron chi connectivity index (χ1n) is 10.4. The normalized spacial score (nSPS) is 27.0. The van der Waals surface area contributed by atoms with Crippen LogP contribution in [0.25, 0.3) is 0 Å². The highest BCUT2D eigenvalue weighted by molar-refractivity contribution is 5.82. The van der Waals surface area contributed by atoms with Gasteiger partial charge in [-0.3, -0.25) is 9.59 Å². The fourth-order valence-corrected chi connectivity index (χ4v) is 3.87. The van der Waals surface area contributed by atoms with Gasteiger partial charge in [0, 0.05) is 12.6 Å². The lowest BCUT2D eigenvalue weighted by Crippen LogP contribution is -2.45. The summed E-state index contributed by atoms with van der Waals surface area (Å²) in [5, 5.41) is 1.94. The maximum Gasteiger partial charge on any atom is 0.471 e. The Hall–Kier alpha value is -2.04. The molecule has 2 amide bonds.